The van der Waals surface area contributed by atoms with Crippen LogP contribution in [0.25, 0.3) is 0 Å². The highest BCUT2D eigenvalue weighted by molar-refractivity contribution is 6.02. The number of ether oxygens (including phenoxy) is 1. The summed E-state index contributed by atoms with van der Waals surface area (Å²) in [7, 11) is 0. The molecule has 1 fully saturated rings. The number of amides is 1. The van der Waals surface area contributed by atoms with Gasteiger partial charge < -0.3 is 20.2 Å². The fourth-order valence-electron chi connectivity index (χ4n) is 3.78. The summed E-state index contributed by atoms with van der Waals surface area (Å²) in [5.74, 6) is -2.21. The highest BCUT2D eigenvalue weighted by Gasteiger charge is 2.51. The van der Waals surface area contributed by atoms with Gasteiger partial charge in [-0.2, -0.15) is 0 Å². The molecular weight excluding hydrogens is 408 g/mol. The first-order valence-corrected chi connectivity index (χ1v) is 9.24. The van der Waals surface area contributed by atoms with Crippen molar-refractivity contribution in [3.8, 4) is 0 Å². The van der Waals surface area contributed by atoms with Crippen LogP contribution in [0.15, 0.2) is 33.9 Å². The van der Waals surface area contributed by atoms with Gasteiger partial charge in [-0.25, -0.2) is 27.5 Å². The van der Waals surface area contributed by atoms with Gasteiger partial charge in [0.25, 0.3) is 18.4 Å². The van der Waals surface area contributed by atoms with Gasteiger partial charge in [0.1, 0.15) is 18.2 Å². The normalized spacial score (nSPS) is 25.6. The number of halogens is 4. The molecule has 3 atom stereocenters. The highest BCUT2D eigenvalue weighted by atomic mass is 19.3. The number of alkyl halides is 3. The number of amidine groups is 1. The van der Waals surface area contributed by atoms with E-state index in [1.54, 1.807) is 0 Å². The number of aliphatic imine (C=N–C) groups is 1. The molecule has 160 valence electrons. The molecule has 0 saturated heterocycles. The van der Waals surface area contributed by atoms with Crippen molar-refractivity contribution in [2.24, 2.45) is 16.6 Å². The Labute approximate surface area is 168 Å². The number of benzene rings is 1. The molecule has 1 aromatic heterocycles. The smallest absolute Gasteiger partial charge is 0.283 e. The molecule has 7 nitrogen and oxygen atoms in total. The monoisotopic (exact) mass is 426 g/mol. The van der Waals surface area contributed by atoms with Crippen LogP contribution in [-0.4, -0.2) is 29.4 Å². The Morgan fingerprint density at radius 1 is 1.37 bits per heavy atom. The van der Waals surface area contributed by atoms with Crippen LogP contribution in [0.2, 0.25) is 0 Å². The van der Waals surface area contributed by atoms with Crippen molar-refractivity contribution in [3.05, 3.63) is 47.4 Å². The van der Waals surface area contributed by atoms with Crippen LogP contribution >= 0.6 is 0 Å². The van der Waals surface area contributed by atoms with Crippen LogP contribution in [0.1, 0.15) is 41.2 Å². The fourth-order valence-corrected chi connectivity index (χ4v) is 3.78. The molecule has 1 aliphatic heterocycles. The summed E-state index contributed by atoms with van der Waals surface area (Å²) in [5.41, 5.74) is 2.86. The summed E-state index contributed by atoms with van der Waals surface area (Å²) < 4.78 is 66.0. The van der Waals surface area contributed by atoms with Crippen molar-refractivity contribution in [2.75, 3.05) is 5.32 Å². The minimum atomic E-state index is -3.07. The van der Waals surface area contributed by atoms with Gasteiger partial charge in [0.05, 0.1) is 0 Å². The summed E-state index contributed by atoms with van der Waals surface area (Å²) in [6.45, 7) is -0.992. The zero-order valence-electron chi connectivity index (χ0n) is 15.6. The van der Waals surface area contributed by atoms with Gasteiger partial charge in [0.15, 0.2) is 17.9 Å². The summed E-state index contributed by atoms with van der Waals surface area (Å²) in [6, 6.07) is 2.84. The molecule has 0 bridgehead atoms. The largest absolute Gasteiger partial charge is 0.462 e. The lowest BCUT2D eigenvalue weighted by molar-refractivity contribution is -0.00487. The maximum atomic E-state index is 14.7. The molecular formula is C19H18F4N4O3. The number of carbonyl (C=O) groups is 1. The third-order valence-electron chi connectivity index (χ3n) is 5.45. The maximum Gasteiger partial charge on any atom is 0.283 e. The third kappa shape index (κ3) is 3.48. The standard InChI is InChI=1S/C19H18F4N4O3/c20-7-15-26-13(8-29-15)16(28)25-10-2-3-12(21)11(5-10)19(17(22)23)6-9-1-4-14(9)30-18(24)27-19/h2-3,5,8-9,14,17H,1,4,6-7H2,(H2,24,27)(H,25,28)/t9-,14-,19+/m1/s1. The van der Waals surface area contributed by atoms with E-state index in [2.05, 4.69) is 15.3 Å². The molecule has 0 unspecified atom stereocenters. The van der Waals surface area contributed by atoms with E-state index in [0.29, 0.717) is 12.8 Å². The van der Waals surface area contributed by atoms with E-state index in [1.165, 1.54) is 6.07 Å². The van der Waals surface area contributed by atoms with Crippen molar-refractivity contribution < 1.29 is 31.5 Å². The van der Waals surface area contributed by atoms with E-state index >= 15 is 0 Å². The second-order valence-corrected chi connectivity index (χ2v) is 7.28. The fraction of sp³-hybridized carbons (Fsp3) is 0.421. The average Bonchev–Trinajstić information content (AvgIpc) is 3.15. The number of anilines is 1. The van der Waals surface area contributed by atoms with Crippen molar-refractivity contribution >= 4 is 17.6 Å². The Morgan fingerprint density at radius 3 is 2.80 bits per heavy atom. The molecule has 3 N–H and O–H groups in total. The quantitative estimate of drug-likeness (QED) is 0.713. The van der Waals surface area contributed by atoms with E-state index in [1.807, 2.05) is 0 Å². The first-order valence-electron chi connectivity index (χ1n) is 9.24. The Balaban J connectivity index is 1.68. The minimum absolute atomic E-state index is 0.0327. The zero-order valence-corrected chi connectivity index (χ0v) is 15.6. The van der Waals surface area contributed by atoms with Crippen molar-refractivity contribution in [2.45, 2.75) is 44.0 Å². The average molecular weight is 426 g/mol. The second-order valence-electron chi connectivity index (χ2n) is 7.28. The van der Waals surface area contributed by atoms with Gasteiger partial charge in [-0.3, -0.25) is 4.79 Å². The van der Waals surface area contributed by atoms with E-state index in [0.717, 1.165) is 18.4 Å². The second kappa shape index (κ2) is 7.62. The number of hydrogen-bond donors (Lipinski definition) is 2. The first-order chi connectivity index (χ1) is 14.3. The van der Waals surface area contributed by atoms with Crippen LogP contribution in [0, 0.1) is 11.7 Å². The van der Waals surface area contributed by atoms with Gasteiger partial charge in [0.2, 0.25) is 5.89 Å². The number of aromatic nitrogens is 1. The number of nitrogens with two attached hydrogens (primary N) is 1. The van der Waals surface area contributed by atoms with Crippen LogP contribution in [0.3, 0.4) is 0 Å². The third-order valence-corrected chi connectivity index (χ3v) is 5.45. The maximum absolute atomic E-state index is 14.7. The summed E-state index contributed by atoms with van der Waals surface area (Å²) in [6.07, 6.45) is -1.27. The Kier molecular flexibility index (Phi) is 5.12. The topological polar surface area (TPSA) is 103 Å². The lowest BCUT2D eigenvalue weighted by Gasteiger charge is -2.38. The molecule has 11 heteroatoms. The summed E-state index contributed by atoms with van der Waals surface area (Å²) in [5, 5.41) is 2.41. The zero-order chi connectivity index (χ0) is 21.5. The SMILES string of the molecule is NC1=N[C@@](c2cc(NC(=O)c3coc(CF)n3)ccc2F)(C(F)F)C[C@H]2CC[C@H]2O1. The van der Waals surface area contributed by atoms with Gasteiger partial charge in [-0.15, -0.1) is 0 Å². The predicted molar refractivity (Wildman–Crippen MR) is 97.2 cm³/mol. The van der Waals surface area contributed by atoms with Crippen molar-refractivity contribution in [3.63, 3.8) is 0 Å². The molecule has 0 spiro atoms. The van der Waals surface area contributed by atoms with E-state index in [4.69, 9.17) is 14.9 Å². The molecule has 30 heavy (non-hydrogen) atoms. The Morgan fingerprint density at radius 2 is 2.17 bits per heavy atom. The van der Waals surface area contributed by atoms with Crippen LogP contribution in [0.4, 0.5) is 23.2 Å². The molecule has 2 heterocycles. The van der Waals surface area contributed by atoms with Crippen LogP contribution in [0.5, 0.6) is 0 Å². The number of nitrogens with zero attached hydrogens (tertiary/aromatic N) is 2. The highest BCUT2D eigenvalue weighted by Crippen LogP contribution is 2.48. The van der Waals surface area contributed by atoms with Gasteiger partial charge in [-0.05, 0) is 43.4 Å². The van der Waals surface area contributed by atoms with Crippen molar-refractivity contribution in [1.29, 1.82) is 0 Å². The summed E-state index contributed by atoms with van der Waals surface area (Å²) in [4.78, 5) is 19.8. The lowest BCUT2D eigenvalue weighted by atomic mass is 9.72. The number of hydrogen-bond acceptors (Lipinski definition) is 6. The van der Waals surface area contributed by atoms with Gasteiger partial charge in [-0.1, -0.05) is 0 Å². The number of carbonyl (C=O) groups excluding carboxylic acids is 1. The van der Waals surface area contributed by atoms with Crippen LogP contribution in [-0.2, 0) is 17.0 Å². The molecule has 1 amide bonds. The number of oxazole rings is 1. The van der Waals surface area contributed by atoms with E-state index < -0.39 is 41.9 Å². The number of rotatable bonds is 5. The molecule has 1 aromatic carbocycles. The van der Waals surface area contributed by atoms with Gasteiger partial charge in [0, 0.05) is 11.3 Å². The molecule has 4 rings (SSSR count). The molecule has 2 aliphatic rings. The first kappa shape index (κ1) is 20.2. The number of nitrogens with one attached hydrogen (secondary N) is 1. The Hall–Kier alpha value is -3.11. The van der Waals surface area contributed by atoms with Gasteiger partial charge >= 0.3 is 0 Å². The predicted octanol–water partition coefficient (Wildman–Crippen LogP) is 3.51. The summed E-state index contributed by atoms with van der Waals surface area (Å²) >= 11 is 0. The molecule has 2 aromatic rings. The molecule has 0 radical (unpaired) electrons. The lowest BCUT2D eigenvalue weighted by Crippen LogP contribution is -2.41. The van der Waals surface area contributed by atoms with E-state index in [9.17, 15) is 22.4 Å². The van der Waals surface area contributed by atoms with Crippen molar-refractivity contribution in [1.82, 2.24) is 4.98 Å². The van der Waals surface area contributed by atoms with E-state index in [-0.39, 0.29) is 35.7 Å². The minimum Gasteiger partial charge on any atom is -0.462 e. The molecule has 1 aliphatic carbocycles. The number of fused-ring (bicyclic) bond motifs is 1. The molecule has 1 saturated carbocycles. The van der Waals surface area contributed by atoms with Crippen LogP contribution < -0.4 is 11.1 Å². The Bertz CT molecular complexity index is 996.